The summed E-state index contributed by atoms with van der Waals surface area (Å²) in [6, 6.07) is 5.78. The topological polar surface area (TPSA) is 93.7 Å². The third kappa shape index (κ3) is 5.06. The van der Waals surface area contributed by atoms with Crippen molar-refractivity contribution in [3.05, 3.63) is 35.8 Å². The highest BCUT2D eigenvalue weighted by molar-refractivity contribution is 5.82. The van der Waals surface area contributed by atoms with Gasteiger partial charge in [-0.2, -0.15) is 4.98 Å². The number of hydrogen-bond acceptors (Lipinski definition) is 7. The summed E-state index contributed by atoms with van der Waals surface area (Å²) >= 11 is 0. The number of carbonyl (C=O) groups is 2. The van der Waals surface area contributed by atoms with Gasteiger partial charge in [0.2, 0.25) is 18.3 Å². The molecule has 2 N–H and O–H groups in total. The maximum Gasteiger partial charge on any atom is 0.229 e. The number of halogens is 1. The SMILES string of the molecule is CC(C)N1CC2(CN(c3ccc(Nc4ncc(C[C@@H]5CCNC5=O)c(N(C=O)C5CCCC5)n4)cc3F)C2)C1. The van der Waals surface area contributed by atoms with Crippen LogP contribution in [-0.2, 0) is 16.0 Å². The molecule has 9 nitrogen and oxygen atoms in total. The summed E-state index contributed by atoms with van der Waals surface area (Å²) in [6.07, 6.45) is 7.78. The van der Waals surface area contributed by atoms with Crippen LogP contribution >= 0.6 is 0 Å². The van der Waals surface area contributed by atoms with Gasteiger partial charge in [-0.1, -0.05) is 12.8 Å². The van der Waals surface area contributed by atoms with Crippen LogP contribution in [0.2, 0.25) is 0 Å². The molecule has 2 amide bonds. The van der Waals surface area contributed by atoms with E-state index in [-0.39, 0.29) is 23.7 Å². The first-order chi connectivity index (χ1) is 18.8. The van der Waals surface area contributed by atoms with Crippen LogP contribution in [0.25, 0.3) is 0 Å². The van der Waals surface area contributed by atoms with Crippen molar-refractivity contribution >= 4 is 35.5 Å². The molecule has 1 aromatic heterocycles. The maximum absolute atomic E-state index is 15.2. The molecule has 1 spiro atoms. The van der Waals surface area contributed by atoms with Crippen molar-refractivity contribution in [1.82, 2.24) is 20.2 Å². The standard InChI is InChI=1S/C29H38FN7O2/c1-19(2)35-14-29(15-35)16-36(17-29)25-8-7-22(12-24(25)30)33-28-32-13-21(11-20-9-10-31-27(20)39)26(34-28)37(18-38)23-5-3-4-6-23/h7-8,12-13,18-20,23H,3-6,9-11,14-17H2,1-2H3,(H,31,39)(H,32,33,34)/t20-/m0/s1. The van der Waals surface area contributed by atoms with Crippen LogP contribution in [0.5, 0.6) is 0 Å². The van der Waals surface area contributed by atoms with Crippen molar-refractivity contribution in [1.29, 1.82) is 0 Å². The Kier molecular flexibility index (Phi) is 6.91. The number of rotatable bonds is 9. The van der Waals surface area contributed by atoms with Crippen LogP contribution < -0.4 is 20.4 Å². The number of aromatic nitrogens is 2. The van der Waals surface area contributed by atoms with Gasteiger partial charge < -0.3 is 15.5 Å². The lowest BCUT2D eigenvalue weighted by Gasteiger charge is -2.62. The zero-order chi connectivity index (χ0) is 27.1. The first-order valence-corrected chi connectivity index (χ1v) is 14.3. The summed E-state index contributed by atoms with van der Waals surface area (Å²) in [5, 5.41) is 6.01. The van der Waals surface area contributed by atoms with Crippen LogP contribution in [0.3, 0.4) is 0 Å². The Balaban J connectivity index is 1.18. The van der Waals surface area contributed by atoms with Crippen molar-refractivity contribution in [3.8, 4) is 0 Å². The molecular weight excluding hydrogens is 497 g/mol. The fourth-order valence-corrected chi connectivity index (χ4v) is 6.71. The lowest BCUT2D eigenvalue weighted by Crippen LogP contribution is -2.73. The van der Waals surface area contributed by atoms with E-state index in [1.165, 1.54) is 6.07 Å². The van der Waals surface area contributed by atoms with E-state index in [4.69, 9.17) is 4.98 Å². The van der Waals surface area contributed by atoms with E-state index in [9.17, 15) is 9.59 Å². The molecule has 4 heterocycles. The van der Waals surface area contributed by atoms with E-state index in [0.717, 1.165) is 70.3 Å². The maximum atomic E-state index is 15.2. The number of nitrogens with zero attached hydrogens (tertiary/aromatic N) is 5. The Morgan fingerprint density at radius 1 is 1.21 bits per heavy atom. The van der Waals surface area contributed by atoms with Gasteiger partial charge in [-0.15, -0.1) is 0 Å². The molecule has 4 fully saturated rings. The molecule has 3 saturated heterocycles. The number of likely N-dealkylation sites (tertiary alicyclic amines) is 1. The first-order valence-electron chi connectivity index (χ1n) is 14.3. The quantitative estimate of drug-likeness (QED) is 0.475. The average molecular weight is 536 g/mol. The Hall–Kier alpha value is -3.27. The molecule has 0 unspecified atom stereocenters. The third-order valence-electron chi connectivity index (χ3n) is 8.95. The number of hydrogen-bond donors (Lipinski definition) is 2. The van der Waals surface area contributed by atoms with Crippen molar-refractivity contribution < 1.29 is 14.0 Å². The van der Waals surface area contributed by atoms with Crippen molar-refractivity contribution in [2.45, 2.75) is 64.5 Å². The van der Waals surface area contributed by atoms with Gasteiger partial charge in [-0.05, 0) is 57.7 Å². The van der Waals surface area contributed by atoms with Gasteiger partial charge in [-0.3, -0.25) is 19.4 Å². The van der Waals surface area contributed by atoms with Crippen LogP contribution in [0.15, 0.2) is 24.4 Å². The fourth-order valence-electron chi connectivity index (χ4n) is 6.71. The predicted octanol–water partition coefficient (Wildman–Crippen LogP) is 3.47. The Bertz CT molecular complexity index is 1230. The third-order valence-corrected chi connectivity index (χ3v) is 8.95. The van der Waals surface area contributed by atoms with Crippen LogP contribution in [-0.4, -0.2) is 72.0 Å². The second-order valence-corrected chi connectivity index (χ2v) is 12.1. The van der Waals surface area contributed by atoms with Gasteiger partial charge in [-0.25, -0.2) is 9.37 Å². The van der Waals surface area contributed by atoms with E-state index >= 15 is 4.39 Å². The summed E-state index contributed by atoms with van der Waals surface area (Å²) < 4.78 is 15.2. The molecule has 0 radical (unpaired) electrons. The average Bonchev–Trinajstić information content (AvgIpc) is 3.52. The van der Waals surface area contributed by atoms with Gasteiger partial charge in [0.25, 0.3) is 0 Å². The van der Waals surface area contributed by atoms with E-state index < -0.39 is 0 Å². The second-order valence-electron chi connectivity index (χ2n) is 12.1. The fraction of sp³-hybridized carbons (Fsp3) is 0.586. The molecule has 3 aliphatic heterocycles. The normalized spacial score (nSPS) is 22.6. The van der Waals surface area contributed by atoms with Crippen LogP contribution in [0, 0.1) is 17.2 Å². The largest absolute Gasteiger partial charge is 0.368 e. The molecular formula is C29H38FN7O2. The van der Waals surface area contributed by atoms with E-state index in [0.29, 0.717) is 47.6 Å². The van der Waals surface area contributed by atoms with E-state index in [1.54, 1.807) is 11.1 Å². The molecule has 208 valence electrons. The molecule has 0 bridgehead atoms. The summed E-state index contributed by atoms with van der Waals surface area (Å²) in [5.74, 6) is 0.430. The molecule has 1 aliphatic carbocycles. The molecule has 1 atom stereocenters. The predicted molar refractivity (Wildman–Crippen MR) is 149 cm³/mol. The van der Waals surface area contributed by atoms with Crippen molar-refractivity contribution in [3.63, 3.8) is 0 Å². The number of nitrogens with one attached hydrogen (secondary N) is 2. The van der Waals surface area contributed by atoms with Crippen molar-refractivity contribution in [2.24, 2.45) is 11.3 Å². The van der Waals surface area contributed by atoms with Crippen molar-refractivity contribution in [2.75, 3.05) is 47.8 Å². The Morgan fingerprint density at radius 2 is 1.97 bits per heavy atom. The minimum absolute atomic E-state index is 0.0277. The Morgan fingerprint density at radius 3 is 2.62 bits per heavy atom. The Labute approximate surface area is 229 Å². The molecule has 6 rings (SSSR count). The van der Waals surface area contributed by atoms with Gasteiger partial charge in [0, 0.05) is 73.6 Å². The second kappa shape index (κ2) is 10.4. The van der Waals surface area contributed by atoms with Crippen LogP contribution in [0.1, 0.15) is 51.5 Å². The summed E-state index contributed by atoms with van der Waals surface area (Å²) in [6.45, 7) is 9.04. The minimum atomic E-state index is -0.278. The highest BCUT2D eigenvalue weighted by atomic mass is 19.1. The molecule has 4 aliphatic rings. The van der Waals surface area contributed by atoms with E-state index in [1.807, 2.05) is 12.1 Å². The monoisotopic (exact) mass is 535 g/mol. The molecule has 10 heteroatoms. The smallest absolute Gasteiger partial charge is 0.229 e. The number of carbonyl (C=O) groups excluding carboxylic acids is 2. The summed E-state index contributed by atoms with van der Waals surface area (Å²) in [5.41, 5.74) is 2.26. The van der Waals surface area contributed by atoms with Crippen LogP contribution in [0.4, 0.5) is 27.5 Å². The van der Waals surface area contributed by atoms with Gasteiger partial charge in [0.05, 0.1) is 5.69 Å². The zero-order valence-electron chi connectivity index (χ0n) is 22.8. The molecule has 1 aromatic carbocycles. The summed E-state index contributed by atoms with van der Waals surface area (Å²) in [7, 11) is 0. The lowest BCUT2D eigenvalue weighted by molar-refractivity contribution is -0.122. The van der Waals surface area contributed by atoms with E-state index in [2.05, 4.69) is 39.3 Å². The first kappa shape index (κ1) is 26.0. The zero-order valence-corrected chi connectivity index (χ0v) is 22.8. The van der Waals surface area contributed by atoms with Gasteiger partial charge in [0.15, 0.2) is 0 Å². The van der Waals surface area contributed by atoms with Gasteiger partial charge in [0.1, 0.15) is 11.6 Å². The lowest BCUT2D eigenvalue weighted by atomic mass is 9.72. The molecule has 39 heavy (non-hydrogen) atoms. The minimum Gasteiger partial charge on any atom is -0.368 e. The molecule has 2 aromatic rings. The highest BCUT2D eigenvalue weighted by Crippen LogP contribution is 2.43. The summed E-state index contributed by atoms with van der Waals surface area (Å²) in [4.78, 5) is 39.9. The number of benzene rings is 1. The number of amides is 2. The van der Waals surface area contributed by atoms with Gasteiger partial charge >= 0.3 is 0 Å². The highest BCUT2D eigenvalue weighted by Gasteiger charge is 2.52. The molecule has 1 saturated carbocycles. The number of anilines is 4.